The molecule has 38 heavy (non-hydrogen) atoms. The summed E-state index contributed by atoms with van der Waals surface area (Å²) >= 11 is 0. The predicted molar refractivity (Wildman–Crippen MR) is 101 cm³/mol. The van der Waals surface area contributed by atoms with Crippen molar-refractivity contribution in [3.63, 3.8) is 0 Å². The zero-order valence-electron chi connectivity index (χ0n) is 17.5. The molecular weight excluding hydrogens is 656 g/mol. The molecule has 0 aromatic heterocycles. The Morgan fingerprint density at radius 2 is 0.605 bits per heavy atom. The molecule has 0 amide bonds. The Labute approximate surface area is 204 Å². The Bertz CT molecular complexity index is 1330. The van der Waals surface area contributed by atoms with Gasteiger partial charge in [0.1, 0.15) is 0 Å². The summed E-state index contributed by atoms with van der Waals surface area (Å²) in [5.41, 5.74) is -37.7. The number of halogens is 12. The van der Waals surface area contributed by atoms with Crippen molar-refractivity contribution < 1.29 is 86.4 Å². The van der Waals surface area contributed by atoms with Crippen LogP contribution in [0.4, 0.5) is 64.1 Å². The number of aryl methyl sites for hydroxylation is 2. The van der Waals surface area contributed by atoms with Crippen LogP contribution in [0.5, 0.6) is 0 Å². The molecule has 0 bridgehead atoms. The first-order valence-electron chi connectivity index (χ1n) is 8.26. The lowest BCUT2D eigenvalue weighted by Crippen LogP contribution is -2.53. The molecular formula is C12H8F12N2O8S4. The SMILES string of the molecule is Cc1ccc(C)c(N(S(=O)(=O)C(F)(F)F)S(=O)(=O)C(F)(F)F)c1N(S(=O)(=O)C(F)(F)F)S(=O)(=O)C(F)(F)F. The third kappa shape index (κ3) is 5.30. The third-order valence-corrected chi connectivity index (χ3v) is 11.1. The van der Waals surface area contributed by atoms with Gasteiger partial charge in [-0.15, -0.1) is 7.42 Å². The van der Waals surface area contributed by atoms with Crippen molar-refractivity contribution in [1.82, 2.24) is 0 Å². The van der Waals surface area contributed by atoms with Crippen molar-refractivity contribution in [2.24, 2.45) is 0 Å². The van der Waals surface area contributed by atoms with E-state index in [2.05, 4.69) is 0 Å². The molecule has 0 aliphatic heterocycles. The fourth-order valence-electron chi connectivity index (χ4n) is 2.36. The highest BCUT2D eigenvalue weighted by Crippen LogP contribution is 2.49. The normalized spacial score (nSPS) is 14.9. The van der Waals surface area contributed by atoms with Crippen molar-refractivity contribution in [3.8, 4) is 0 Å². The van der Waals surface area contributed by atoms with E-state index in [0.29, 0.717) is 0 Å². The number of hydrogen-bond donors (Lipinski definition) is 0. The second-order valence-corrected chi connectivity index (χ2v) is 14.2. The van der Waals surface area contributed by atoms with Crippen LogP contribution in [0, 0.1) is 13.8 Å². The van der Waals surface area contributed by atoms with Gasteiger partial charge >= 0.3 is 62.1 Å². The summed E-state index contributed by atoms with van der Waals surface area (Å²) in [6.45, 7) is 0.226. The van der Waals surface area contributed by atoms with E-state index in [4.69, 9.17) is 0 Å². The standard InChI is InChI=1S/C12H8F12N2O8S4/c1-5-3-4-6(2)8(26(37(31,32)11(19,20)21)38(33,34)12(22,23)24)7(5)25(35(27,28)9(13,14)15)36(29,30)10(16,17)18/h3-4H,1-2H3. The molecule has 10 nitrogen and oxygen atoms in total. The first kappa shape index (κ1) is 33.8. The summed E-state index contributed by atoms with van der Waals surface area (Å²) < 4.78 is 249. The molecule has 0 aliphatic rings. The highest BCUT2D eigenvalue weighted by Gasteiger charge is 2.66. The Morgan fingerprint density at radius 1 is 0.447 bits per heavy atom. The monoisotopic (exact) mass is 664 g/mol. The fourth-order valence-corrected chi connectivity index (χ4v) is 8.07. The first-order valence-corrected chi connectivity index (χ1v) is 14.0. The van der Waals surface area contributed by atoms with E-state index < -0.39 is 92.0 Å². The van der Waals surface area contributed by atoms with Gasteiger partial charge in [-0.25, -0.2) is 0 Å². The maximum Gasteiger partial charge on any atom is 0.517 e. The lowest BCUT2D eigenvalue weighted by molar-refractivity contribution is -0.0475. The molecule has 0 atom stereocenters. The molecule has 0 aliphatic carbocycles. The average molecular weight is 664 g/mol. The first-order chi connectivity index (χ1) is 16.3. The summed E-state index contributed by atoms with van der Waals surface area (Å²) in [7, 11) is -32.2. The predicted octanol–water partition coefficient (Wildman–Crippen LogP) is 3.31. The van der Waals surface area contributed by atoms with Gasteiger partial charge in [-0.3, -0.25) is 0 Å². The number of benzene rings is 1. The van der Waals surface area contributed by atoms with E-state index in [1.165, 1.54) is 0 Å². The summed E-state index contributed by atoms with van der Waals surface area (Å²) in [6.07, 6.45) is 0. The van der Waals surface area contributed by atoms with Crippen LogP contribution in [0.1, 0.15) is 11.1 Å². The molecule has 0 N–H and O–H groups in total. The number of anilines is 2. The van der Waals surface area contributed by atoms with Crippen LogP contribution >= 0.6 is 0 Å². The van der Waals surface area contributed by atoms with Crippen LogP contribution in [0.25, 0.3) is 0 Å². The third-order valence-electron chi connectivity index (χ3n) is 3.96. The van der Waals surface area contributed by atoms with Crippen LogP contribution in [0.15, 0.2) is 12.1 Å². The van der Waals surface area contributed by atoms with Gasteiger partial charge in [0.15, 0.2) is 0 Å². The quantitative estimate of drug-likeness (QED) is 0.422. The molecule has 1 aromatic rings. The Hall–Kier alpha value is -2.22. The minimum Gasteiger partial charge on any atom is -0.196 e. The van der Waals surface area contributed by atoms with Gasteiger partial charge < -0.3 is 0 Å². The lowest BCUT2D eigenvalue weighted by Gasteiger charge is -2.33. The van der Waals surface area contributed by atoms with Crippen LogP contribution < -0.4 is 7.42 Å². The molecule has 0 saturated heterocycles. The van der Waals surface area contributed by atoms with E-state index in [9.17, 15) is 86.4 Å². The molecule has 26 heteroatoms. The topological polar surface area (TPSA) is 143 Å². The molecule has 1 rings (SSSR count). The van der Waals surface area contributed by atoms with Gasteiger partial charge in [0.2, 0.25) is 0 Å². The number of hydrogen-bond acceptors (Lipinski definition) is 8. The number of rotatable bonds is 6. The van der Waals surface area contributed by atoms with Crippen LogP contribution in [-0.4, -0.2) is 55.7 Å². The maximum atomic E-state index is 13.2. The second kappa shape index (κ2) is 9.17. The van der Waals surface area contributed by atoms with Gasteiger partial charge in [-0.05, 0) is 25.0 Å². The maximum absolute atomic E-state index is 13.2. The van der Waals surface area contributed by atoms with Crippen molar-refractivity contribution in [2.45, 2.75) is 35.9 Å². The highest BCUT2D eigenvalue weighted by molar-refractivity contribution is 8.12. The minimum absolute atomic E-state index is 0.113. The molecule has 222 valence electrons. The number of nitrogens with zero attached hydrogens (tertiary/aromatic N) is 2. The average Bonchev–Trinajstić information content (AvgIpc) is 2.62. The van der Waals surface area contributed by atoms with Crippen LogP contribution in [-0.2, 0) is 40.1 Å². The van der Waals surface area contributed by atoms with Gasteiger partial charge in [0.05, 0.1) is 11.4 Å². The van der Waals surface area contributed by atoms with E-state index in [1.807, 2.05) is 0 Å². The molecule has 0 unspecified atom stereocenters. The smallest absolute Gasteiger partial charge is 0.196 e. The summed E-state index contributed by atoms with van der Waals surface area (Å²) in [4.78, 5) is 0. The molecule has 0 spiro atoms. The minimum atomic E-state index is -8.04. The van der Waals surface area contributed by atoms with Gasteiger partial charge in [0.25, 0.3) is 0 Å². The Kier molecular flexibility index (Phi) is 8.16. The van der Waals surface area contributed by atoms with Gasteiger partial charge in [0, 0.05) is 0 Å². The molecule has 0 radical (unpaired) electrons. The number of alkyl halides is 12. The zero-order chi connectivity index (χ0) is 30.9. The van der Waals surface area contributed by atoms with E-state index >= 15 is 0 Å². The van der Waals surface area contributed by atoms with Crippen LogP contribution in [0.2, 0.25) is 0 Å². The lowest BCUT2D eigenvalue weighted by atomic mass is 10.1. The number of sulfonamides is 4. The van der Waals surface area contributed by atoms with E-state index in [-0.39, 0.29) is 26.0 Å². The Morgan fingerprint density at radius 3 is 0.737 bits per heavy atom. The van der Waals surface area contributed by atoms with Crippen LogP contribution in [0.3, 0.4) is 0 Å². The summed E-state index contributed by atoms with van der Waals surface area (Å²) in [5, 5.41) is 0. The molecule has 0 heterocycles. The van der Waals surface area contributed by atoms with Crippen molar-refractivity contribution in [3.05, 3.63) is 23.3 Å². The molecule has 0 saturated carbocycles. The molecule has 0 fully saturated rings. The second-order valence-electron chi connectivity index (χ2n) is 6.59. The van der Waals surface area contributed by atoms with E-state index in [1.54, 1.807) is 0 Å². The zero-order valence-corrected chi connectivity index (χ0v) is 20.7. The van der Waals surface area contributed by atoms with E-state index in [0.717, 1.165) is 0 Å². The van der Waals surface area contributed by atoms with Crippen molar-refractivity contribution >= 4 is 51.5 Å². The fraction of sp³-hybridized carbons (Fsp3) is 0.500. The molecule has 1 aromatic carbocycles. The Balaban J connectivity index is 4.77. The highest BCUT2D eigenvalue weighted by atomic mass is 32.3. The van der Waals surface area contributed by atoms with Gasteiger partial charge in [-0.2, -0.15) is 86.4 Å². The largest absolute Gasteiger partial charge is 0.517 e. The van der Waals surface area contributed by atoms with Crippen molar-refractivity contribution in [1.29, 1.82) is 0 Å². The van der Waals surface area contributed by atoms with Gasteiger partial charge in [-0.1, -0.05) is 12.1 Å². The summed E-state index contributed by atoms with van der Waals surface area (Å²) in [6, 6.07) is 0.273. The van der Waals surface area contributed by atoms with Crippen molar-refractivity contribution in [2.75, 3.05) is 7.42 Å². The summed E-state index contributed by atoms with van der Waals surface area (Å²) in [5.74, 6) is 0.